The molecule has 2 aromatic carbocycles. The zero-order valence-electron chi connectivity index (χ0n) is 18.9. The number of aromatic nitrogens is 1. The van der Waals surface area contributed by atoms with Crippen molar-refractivity contribution in [1.82, 2.24) is 4.98 Å². The molecule has 0 atom stereocenters. The molecular weight excluding hydrogens is 505 g/mol. The molecule has 0 unspecified atom stereocenters. The number of benzene rings is 2. The molecule has 0 amide bonds. The minimum atomic E-state index is -4.83. The number of halogens is 3. The van der Waals surface area contributed by atoms with E-state index >= 15 is 0 Å². The van der Waals surface area contributed by atoms with E-state index < -0.39 is 27.2 Å². The third-order valence-corrected chi connectivity index (χ3v) is 8.89. The molecule has 0 aliphatic carbocycles. The Morgan fingerprint density at radius 3 is 2.26 bits per heavy atom. The molecule has 12 heteroatoms. The first-order chi connectivity index (χ1) is 16.6. The first-order valence-electron chi connectivity index (χ1n) is 10.6. The number of hydrogen-bond donors (Lipinski definition) is 0. The van der Waals surface area contributed by atoms with Crippen molar-refractivity contribution in [2.75, 3.05) is 32.2 Å². The van der Waals surface area contributed by atoms with Crippen LogP contribution in [0.25, 0.3) is 11.3 Å². The number of alkyl halides is 3. The fourth-order valence-electron chi connectivity index (χ4n) is 3.92. The maximum absolute atomic E-state index is 13.0. The molecule has 1 fully saturated rings. The van der Waals surface area contributed by atoms with Gasteiger partial charge in [-0.3, -0.25) is 0 Å². The van der Waals surface area contributed by atoms with Gasteiger partial charge in [0.15, 0.2) is 26.5 Å². The average molecular weight is 529 g/mol. The summed E-state index contributed by atoms with van der Waals surface area (Å²) >= 11 is 1.47. The van der Waals surface area contributed by atoms with Crippen molar-refractivity contribution in [3.05, 3.63) is 47.8 Å². The number of ether oxygens (including phenoxy) is 3. The minimum absolute atomic E-state index is 0.0181. The highest BCUT2D eigenvalue weighted by molar-refractivity contribution is 7.92. The lowest BCUT2D eigenvalue weighted by Gasteiger charge is -2.31. The smallest absolute Gasteiger partial charge is 0.493 e. The summed E-state index contributed by atoms with van der Waals surface area (Å²) in [4.78, 5) is 6.74. The fourth-order valence-corrected chi connectivity index (χ4v) is 6.54. The number of hydrogen-bond acceptors (Lipinski definition) is 8. The van der Waals surface area contributed by atoms with Crippen molar-refractivity contribution >= 4 is 26.3 Å². The molecular formula is C23H23F3N2O5S2. The first-order valence-corrected chi connectivity index (χ1v) is 13.1. The molecule has 7 nitrogen and oxygen atoms in total. The lowest BCUT2D eigenvalue weighted by molar-refractivity contribution is -0.274. The molecule has 0 N–H and O–H groups in total. The molecule has 1 aliphatic rings. The third-order valence-electron chi connectivity index (χ3n) is 5.71. The fraction of sp³-hybridized carbons (Fsp3) is 0.348. The number of nitrogens with zero attached hydrogens (tertiary/aromatic N) is 2. The summed E-state index contributed by atoms with van der Waals surface area (Å²) in [6.45, 7) is 0.996. The lowest BCUT2D eigenvalue weighted by atomic mass is 10.1. The van der Waals surface area contributed by atoms with Crippen LogP contribution in [0.2, 0.25) is 0 Å². The van der Waals surface area contributed by atoms with Gasteiger partial charge < -0.3 is 19.1 Å². The average Bonchev–Trinajstić information content (AvgIpc) is 3.33. The van der Waals surface area contributed by atoms with E-state index in [2.05, 4.69) is 4.74 Å². The van der Waals surface area contributed by atoms with Gasteiger partial charge in [0.2, 0.25) is 0 Å². The number of thiazole rings is 1. The van der Waals surface area contributed by atoms with Crippen LogP contribution in [0.5, 0.6) is 17.2 Å². The molecule has 3 aromatic rings. The molecule has 0 spiro atoms. The van der Waals surface area contributed by atoms with Gasteiger partial charge in [-0.05, 0) is 55.3 Å². The van der Waals surface area contributed by atoms with Crippen LogP contribution in [-0.4, -0.2) is 52.3 Å². The van der Waals surface area contributed by atoms with E-state index in [0.29, 0.717) is 37.4 Å². The number of anilines is 1. The Bertz CT molecular complexity index is 1270. The predicted octanol–water partition coefficient (Wildman–Crippen LogP) is 5.17. The van der Waals surface area contributed by atoms with Crippen molar-refractivity contribution in [1.29, 1.82) is 0 Å². The second-order valence-corrected chi connectivity index (χ2v) is 10.9. The van der Waals surface area contributed by atoms with Gasteiger partial charge in [0.05, 0.1) is 30.1 Å². The van der Waals surface area contributed by atoms with Gasteiger partial charge in [-0.2, -0.15) is 0 Å². The summed E-state index contributed by atoms with van der Waals surface area (Å²) in [5.74, 6) is 0.765. The molecule has 1 aromatic heterocycles. The quantitative estimate of drug-likeness (QED) is 0.419. The van der Waals surface area contributed by atoms with Crippen LogP contribution in [0.4, 0.5) is 18.3 Å². The van der Waals surface area contributed by atoms with Crippen molar-refractivity contribution in [2.24, 2.45) is 0 Å². The Balaban J connectivity index is 1.41. The van der Waals surface area contributed by atoms with E-state index in [0.717, 1.165) is 40.7 Å². The molecule has 35 heavy (non-hydrogen) atoms. The standard InChI is InChI=1S/C23H23F3N2O5S2/c1-31-20-8-3-15(13-21(20)32-2)19-14-34-22(27-19)28-11-9-18(10-12-28)35(29,30)17-6-4-16(5-7-17)33-23(24,25)26/h3-8,13-14,18H,9-12H2,1-2H3. The van der Waals surface area contributed by atoms with Gasteiger partial charge in [-0.25, -0.2) is 13.4 Å². The number of sulfone groups is 1. The lowest BCUT2D eigenvalue weighted by Crippen LogP contribution is -2.39. The van der Waals surface area contributed by atoms with E-state index in [9.17, 15) is 21.6 Å². The molecule has 2 heterocycles. The van der Waals surface area contributed by atoms with Gasteiger partial charge in [0, 0.05) is 24.0 Å². The van der Waals surface area contributed by atoms with Gasteiger partial charge >= 0.3 is 6.36 Å². The van der Waals surface area contributed by atoms with E-state index in [1.54, 1.807) is 14.2 Å². The molecule has 1 saturated heterocycles. The van der Waals surface area contributed by atoms with Crippen molar-refractivity contribution in [2.45, 2.75) is 29.3 Å². The Kier molecular flexibility index (Phi) is 7.13. The van der Waals surface area contributed by atoms with Crippen LogP contribution in [0, 0.1) is 0 Å². The zero-order chi connectivity index (χ0) is 25.2. The summed E-state index contributed by atoms with van der Waals surface area (Å²) in [7, 11) is -0.551. The molecule has 188 valence electrons. The Morgan fingerprint density at radius 1 is 1.00 bits per heavy atom. The summed E-state index contributed by atoms with van der Waals surface area (Å²) in [6.07, 6.45) is -4.06. The van der Waals surface area contributed by atoms with E-state index in [-0.39, 0.29) is 4.90 Å². The zero-order valence-corrected chi connectivity index (χ0v) is 20.5. The molecule has 0 saturated carbocycles. The topological polar surface area (TPSA) is 78.0 Å². The molecule has 0 bridgehead atoms. The first kappa shape index (κ1) is 25.1. The van der Waals surface area contributed by atoms with Crippen molar-refractivity contribution in [3.63, 3.8) is 0 Å². The monoisotopic (exact) mass is 528 g/mol. The minimum Gasteiger partial charge on any atom is -0.493 e. The second kappa shape index (κ2) is 9.94. The second-order valence-electron chi connectivity index (χ2n) is 7.84. The highest BCUT2D eigenvalue weighted by Crippen LogP contribution is 2.36. The normalized spacial score (nSPS) is 15.2. The molecule has 1 aliphatic heterocycles. The summed E-state index contributed by atoms with van der Waals surface area (Å²) < 4.78 is 77.5. The number of piperidine rings is 1. The summed E-state index contributed by atoms with van der Waals surface area (Å²) in [5.41, 5.74) is 1.66. The largest absolute Gasteiger partial charge is 0.573 e. The number of rotatable bonds is 7. The summed E-state index contributed by atoms with van der Waals surface area (Å²) in [6, 6.07) is 9.89. The van der Waals surface area contributed by atoms with Crippen LogP contribution in [-0.2, 0) is 9.84 Å². The Hall–Kier alpha value is -2.99. The highest BCUT2D eigenvalue weighted by Gasteiger charge is 2.33. The highest BCUT2D eigenvalue weighted by atomic mass is 32.2. The summed E-state index contributed by atoms with van der Waals surface area (Å²) in [5, 5.41) is 2.10. The van der Waals surface area contributed by atoms with E-state index in [4.69, 9.17) is 14.5 Å². The Morgan fingerprint density at radius 2 is 1.66 bits per heavy atom. The molecule has 0 radical (unpaired) electrons. The van der Waals surface area contributed by atoms with Crippen LogP contribution < -0.4 is 19.1 Å². The van der Waals surface area contributed by atoms with Gasteiger partial charge in [0.1, 0.15) is 5.75 Å². The molecule has 4 rings (SSSR count). The van der Waals surface area contributed by atoms with E-state index in [1.807, 2.05) is 28.5 Å². The van der Waals surface area contributed by atoms with Crippen molar-refractivity contribution in [3.8, 4) is 28.5 Å². The third kappa shape index (κ3) is 5.64. The van der Waals surface area contributed by atoms with Crippen LogP contribution in [0.3, 0.4) is 0 Å². The van der Waals surface area contributed by atoms with Gasteiger partial charge in [-0.15, -0.1) is 24.5 Å². The maximum Gasteiger partial charge on any atom is 0.573 e. The SMILES string of the molecule is COc1ccc(-c2csc(N3CCC(S(=O)(=O)c4ccc(OC(F)(F)F)cc4)CC3)n2)cc1OC. The predicted molar refractivity (Wildman–Crippen MR) is 126 cm³/mol. The number of methoxy groups -OCH3 is 2. The van der Waals surface area contributed by atoms with Crippen LogP contribution in [0.15, 0.2) is 52.7 Å². The maximum atomic E-state index is 13.0. The van der Waals surface area contributed by atoms with Gasteiger partial charge in [0.25, 0.3) is 0 Å². The van der Waals surface area contributed by atoms with Gasteiger partial charge in [-0.1, -0.05) is 0 Å². The van der Waals surface area contributed by atoms with E-state index in [1.165, 1.54) is 11.3 Å². The Labute approximate surface area is 205 Å². The van der Waals surface area contributed by atoms with Crippen molar-refractivity contribution < 1.29 is 35.8 Å². The van der Waals surface area contributed by atoms with Crippen LogP contribution in [0.1, 0.15) is 12.8 Å². The van der Waals surface area contributed by atoms with Crippen LogP contribution >= 0.6 is 11.3 Å².